The van der Waals surface area contributed by atoms with Crippen LogP contribution in [0.5, 0.6) is 6.01 Å². The molecule has 1 heterocycles. The van der Waals surface area contributed by atoms with Crippen molar-refractivity contribution in [3.05, 3.63) is 0 Å². The van der Waals surface area contributed by atoms with E-state index >= 15 is 0 Å². The average molecular weight is 296 g/mol. The molecule has 0 spiro atoms. The van der Waals surface area contributed by atoms with E-state index < -0.39 is 0 Å². The molecule has 0 aliphatic carbocycles. The first kappa shape index (κ1) is 17.4. The van der Waals surface area contributed by atoms with E-state index in [0.717, 1.165) is 39.0 Å². The smallest absolute Gasteiger partial charge is 0.323 e. The zero-order valence-electron chi connectivity index (χ0n) is 13.6. The van der Waals surface area contributed by atoms with Gasteiger partial charge >= 0.3 is 6.01 Å². The monoisotopic (exact) mass is 296 g/mol. The Morgan fingerprint density at radius 1 is 1.05 bits per heavy atom. The number of ether oxygens (including phenoxy) is 1. The minimum absolute atomic E-state index is 0.363. The quantitative estimate of drug-likeness (QED) is 0.603. The van der Waals surface area contributed by atoms with E-state index in [4.69, 9.17) is 4.74 Å². The van der Waals surface area contributed by atoms with E-state index in [0.29, 0.717) is 24.5 Å². The third kappa shape index (κ3) is 6.57. The van der Waals surface area contributed by atoms with Crippen LogP contribution in [0.25, 0.3) is 0 Å². The summed E-state index contributed by atoms with van der Waals surface area (Å²) in [6.45, 7) is 11.1. The van der Waals surface area contributed by atoms with Gasteiger partial charge < -0.3 is 20.3 Å². The Kier molecular flexibility index (Phi) is 8.42. The van der Waals surface area contributed by atoms with Crippen LogP contribution < -0.4 is 15.4 Å². The molecule has 0 aliphatic heterocycles. The number of anilines is 2. The fourth-order valence-electron chi connectivity index (χ4n) is 1.85. The van der Waals surface area contributed by atoms with E-state index in [9.17, 15) is 0 Å². The second kappa shape index (κ2) is 10.1. The van der Waals surface area contributed by atoms with Gasteiger partial charge in [0.2, 0.25) is 11.9 Å². The SMILES string of the molecule is CCCOc1nc(NC)nc(NCCCN(CC)CC)n1. The van der Waals surface area contributed by atoms with Gasteiger partial charge in [-0.25, -0.2) is 0 Å². The molecule has 1 aromatic heterocycles. The lowest BCUT2D eigenvalue weighted by Crippen LogP contribution is -2.25. The average Bonchev–Trinajstić information content (AvgIpc) is 2.52. The highest BCUT2D eigenvalue weighted by Crippen LogP contribution is 2.11. The molecular weight excluding hydrogens is 268 g/mol. The molecule has 0 bridgehead atoms. The molecule has 1 rings (SSSR count). The van der Waals surface area contributed by atoms with Crippen LogP contribution in [0.1, 0.15) is 33.6 Å². The molecule has 7 nitrogen and oxygen atoms in total. The second-order valence-corrected chi connectivity index (χ2v) is 4.67. The maximum atomic E-state index is 5.47. The summed E-state index contributed by atoms with van der Waals surface area (Å²) in [5.41, 5.74) is 0. The Balaban J connectivity index is 2.49. The van der Waals surface area contributed by atoms with Crippen molar-refractivity contribution < 1.29 is 4.74 Å². The van der Waals surface area contributed by atoms with Crippen LogP contribution in [0.2, 0.25) is 0 Å². The molecule has 1 aromatic rings. The predicted octanol–water partition coefficient (Wildman–Crippen LogP) is 1.85. The van der Waals surface area contributed by atoms with Gasteiger partial charge in [0, 0.05) is 13.6 Å². The summed E-state index contributed by atoms with van der Waals surface area (Å²) in [6.07, 6.45) is 1.97. The van der Waals surface area contributed by atoms with Crippen molar-refractivity contribution >= 4 is 11.9 Å². The van der Waals surface area contributed by atoms with Crippen LogP contribution in [0.4, 0.5) is 11.9 Å². The van der Waals surface area contributed by atoms with Crippen LogP contribution in [-0.4, -0.2) is 59.7 Å². The van der Waals surface area contributed by atoms with Crippen molar-refractivity contribution in [3.8, 4) is 6.01 Å². The van der Waals surface area contributed by atoms with Gasteiger partial charge in [-0.05, 0) is 32.5 Å². The Morgan fingerprint density at radius 2 is 1.76 bits per heavy atom. The van der Waals surface area contributed by atoms with E-state index in [2.05, 4.69) is 44.3 Å². The molecule has 21 heavy (non-hydrogen) atoms. The summed E-state index contributed by atoms with van der Waals surface area (Å²) in [6, 6.07) is 0.363. The molecule has 120 valence electrons. The number of hydrogen-bond donors (Lipinski definition) is 2. The van der Waals surface area contributed by atoms with Crippen LogP contribution in [0.3, 0.4) is 0 Å². The van der Waals surface area contributed by atoms with Crippen molar-refractivity contribution in [2.24, 2.45) is 0 Å². The largest absolute Gasteiger partial charge is 0.463 e. The number of aromatic nitrogens is 3. The summed E-state index contributed by atoms with van der Waals surface area (Å²) in [4.78, 5) is 15.1. The first-order valence-electron chi connectivity index (χ1n) is 7.76. The highest BCUT2D eigenvalue weighted by molar-refractivity contribution is 5.35. The number of rotatable bonds is 11. The summed E-state index contributed by atoms with van der Waals surface area (Å²) in [5, 5.41) is 6.15. The van der Waals surface area contributed by atoms with Crippen molar-refractivity contribution in [3.63, 3.8) is 0 Å². The van der Waals surface area contributed by atoms with Gasteiger partial charge in [-0.3, -0.25) is 0 Å². The number of nitrogens with one attached hydrogen (secondary N) is 2. The van der Waals surface area contributed by atoms with Gasteiger partial charge in [0.1, 0.15) is 0 Å². The lowest BCUT2D eigenvalue weighted by atomic mass is 10.3. The molecular formula is C14H28N6O. The normalized spacial score (nSPS) is 10.7. The Morgan fingerprint density at radius 3 is 2.38 bits per heavy atom. The van der Waals surface area contributed by atoms with Crippen LogP contribution in [-0.2, 0) is 0 Å². The predicted molar refractivity (Wildman–Crippen MR) is 86.1 cm³/mol. The van der Waals surface area contributed by atoms with Gasteiger partial charge in [0.05, 0.1) is 6.61 Å². The molecule has 0 radical (unpaired) electrons. The molecule has 0 saturated carbocycles. The third-order valence-corrected chi connectivity index (χ3v) is 3.10. The van der Waals surface area contributed by atoms with Gasteiger partial charge in [-0.15, -0.1) is 0 Å². The molecule has 7 heteroatoms. The molecule has 0 fully saturated rings. The van der Waals surface area contributed by atoms with Crippen LogP contribution in [0.15, 0.2) is 0 Å². The fourth-order valence-corrected chi connectivity index (χ4v) is 1.85. The van der Waals surface area contributed by atoms with E-state index in [1.165, 1.54) is 0 Å². The number of hydrogen-bond acceptors (Lipinski definition) is 7. The fraction of sp³-hybridized carbons (Fsp3) is 0.786. The topological polar surface area (TPSA) is 75.2 Å². The zero-order chi connectivity index (χ0) is 15.5. The lowest BCUT2D eigenvalue weighted by molar-refractivity contribution is 0.292. The Hall–Kier alpha value is -1.63. The third-order valence-electron chi connectivity index (χ3n) is 3.10. The minimum atomic E-state index is 0.363. The molecule has 0 unspecified atom stereocenters. The maximum Gasteiger partial charge on any atom is 0.323 e. The van der Waals surface area contributed by atoms with Crippen molar-refractivity contribution in [1.82, 2.24) is 19.9 Å². The molecule has 0 aliphatic rings. The Bertz CT molecular complexity index is 397. The summed E-state index contributed by atoms with van der Waals surface area (Å²) in [5.74, 6) is 1.07. The lowest BCUT2D eigenvalue weighted by Gasteiger charge is -2.17. The highest BCUT2D eigenvalue weighted by Gasteiger charge is 2.06. The molecule has 2 N–H and O–H groups in total. The van der Waals surface area contributed by atoms with Crippen LogP contribution in [0, 0.1) is 0 Å². The van der Waals surface area contributed by atoms with Crippen molar-refractivity contribution in [2.75, 3.05) is 50.5 Å². The summed E-state index contributed by atoms with van der Waals surface area (Å²) >= 11 is 0. The van der Waals surface area contributed by atoms with Crippen molar-refractivity contribution in [1.29, 1.82) is 0 Å². The minimum Gasteiger partial charge on any atom is -0.463 e. The zero-order valence-corrected chi connectivity index (χ0v) is 13.6. The summed E-state index contributed by atoms with van der Waals surface area (Å²) in [7, 11) is 1.78. The van der Waals surface area contributed by atoms with Crippen LogP contribution >= 0.6 is 0 Å². The molecule has 0 aromatic carbocycles. The van der Waals surface area contributed by atoms with Crippen molar-refractivity contribution in [2.45, 2.75) is 33.6 Å². The standard InChI is InChI=1S/C14H28N6O/c1-5-11-21-14-18-12(15-4)17-13(19-14)16-9-8-10-20(6-2)7-3/h5-11H2,1-4H3,(H2,15,16,17,18,19). The van der Waals surface area contributed by atoms with Gasteiger partial charge in [0.15, 0.2) is 0 Å². The molecule has 0 atom stereocenters. The van der Waals surface area contributed by atoms with Gasteiger partial charge in [0.25, 0.3) is 0 Å². The van der Waals surface area contributed by atoms with E-state index in [1.807, 2.05) is 6.92 Å². The number of nitrogens with zero attached hydrogens (tertiary/aromatic N) is 4. The first-order valence-corrected chi connectivity index (χ1v) is 7.76. The van der Waals surface area contributed by atoms with E-state index in [1.54, 1.807) is 7.05 Å². The highest BCUT2D eigenvalue weighted by atomic mass is 16.5. The molecule has 0 saturated heterocycles. The van der Waals surface area contributed by atoms with Gasteiger partial charge in [-0.2, -0.15) is 15.0 Å². The second-order valence-electron chi connectivity index (χ2n) is 4.67. The van der Waals surface area contributed by atoms with E-state index in [-0.39, 0.29) is 0 Å². The maximum absolute atomic E-state index is 5.47. The molecule has 0 amide bonds. The first-order chi connectivity index (χ1) is 10.2. The van der Waals surface area contributed by atoms with Gasteiger partial charge in [-0.1, -0.05) is 20.8 Å². The Labute approximate surface area is 127 Å². The summed E-state index contributed by atoms with van der Waals surface area (Å²) < 4.78 is 5.47.